The number of carbonyl (C=O) groups is 2. The van der Waals surface area contributed by atoms with Crippen LogP contribution in [0.25, 0.3) is 0 Å². The van der Waals surface area contributed by atoms with Crippen molar-refractivity contribution in [1.29, 1.82) is 0 Å². The third kappa shape index (κ3) is 2.74. The molecule has 4 fully saturated rings. The highest BCUT2D eigenvalue weighted by atomic mass is 28.4. The summed E-state index contributed by atoms with van der Waals surface area (Å²) in [4.78, 5) is 27.6. The Kier molecular flexibility index (Phi) is 4.67. The van der Waals surface area contributed by atoms with E-state index >= 15 is 0 Å². The molecule has 0 aromatic carbocycles. The van der Waals surface area contributed by atoms with Crippen molar-refractivity contribution in [3.63, 3.8) is 0 Å². The van der Waals surface area contributed by atoms with Crippen LogP contribution >= 0.6 is 0 Å². The summed E-state index contributed by atoms with van der Waals surface area (Å²) >= 11 is 0. The first kappa shape index (κ1) is 23.6. The molecule has 33 heavy (non-hydrogen) atoms. The van der Waals surface area contributed by atoms with Gasteiger partial charge in [-0.2, -0.15) is 0 Å². The summed E-state index contributed by atoms with van der Waals surface area (Å²) < 4.78 is 19.3. The summed E-state index contributed by atoms with van der Waals surface area (Å²) in [5.74, 6) is 0.775. The van der Waals surface area contributed by atoms with Crippen LogP contribution in [-0.4, -0.2) is 38.1 Å². The lowest BCUT2D eigenvalue weighted by Gasteiger charge is -2.45. The van der Waals surface area contributed by atoms with Gasteiger partial charge in [0.2, 0.25) is 0 Å². The molecule has 2 unspecified atom stereocenters. The molecule has 0 radical (unpaired) electrons. The average molecular weight is 475 g/mol. The van der Waals surface area contributed by atoms with Crippen LogP contribution < -0.4 is 0 Å². The van der Waals surface area contributed by atoms with Crippen molar-refractivity contribution in [3.8, 4) is 0 Å². The van der Waals surface area contributed by atoms with E-state index in [1.807, 2.05) is 0 Å². The van der Waals surface area contributed by atoms with E-state index in [0.717, 1.165) is 12.0 Å². The summed E-state index contributed by atoms with van der Waals surface area (Å²) in [5.41, 5.74) is -0.536. The summed E-state index contributed by atoms with van der Waals surface area (Å²) in [6.07, 6.45) is 2.32. The molecule has 1 aliphatic heterocycles. The van der Waals surface area contributed by atoms with Crippen LogP contribution in [0.5, 0.6) is 0 Å². The largest absolute Gasteiger partial charge is 0.509 e. The van der Waals surface area contributed by atoms with Crippen molar-refractivity contribution in [2.24, 2.45) is 40.4 Å². The minimum Gasteiger partial charge on any atom is -0.426 e. The molecule has 4 aliphatic carbocycles. The van der Waals surface area contributed by atoms with Crippen LogP contribution in [-0.2, 0) is 18.7 Å². The first-order valence-corrected chi connectivity index (χ1v) is 15.7. The number of fused-ring (bicyclic) bond motifs is 3. The van der Waals surface area contributed by atoms with Gasteiger partial charge in [0.05, 0.1) is 11.5 Å². The number of ketones is 1. The standard InChI is InChI=1S/C27H42O5Si/c1-14-12-26-15(2)11-17-19(25(17,7)8)18(21(26)28)20(32-33(9,10)24(4,5)6)16(3)22-27(26,13-14)31-23(29)30-22/h12,15-20,22H,11,13H2,1-10H3/t15-,16+,17-,18-,19?,20-,22-,26+,27?/m1/s1. The number of Topliss-reactive ketones (excluding diaryl/α,β-unsaturated/α-hetero) is 1. The molecule has 5 rings (SSSR count). The first-order valence-electron chi connectivity index (χ1n) is 12.8. The highest BCUT2D eigenvalue weighted by Gasteiger charge is 2.80. The highest BCUT2D eigenvalue weighted by molar-refractivity contribution is 6.74. The second-order valence-electron chi connectivity index (χ2n) is 14.0. The van der Waals surface area contributed by atoms with Crippen molar-refractivity contribution >= 4 is 20.3 Å². The van der Waals surface area contributed by atoms with E-state index < -0.39 is 31.6 Å². The van der Waals surface area contributed by atoms with Gasteiger partial charge >= 0.3 is 6.16 Å². The third-order valence-electron chi connectivity index (χ3n) is 10.9. The van der Waals surface area contributed by atoms with Gasteiger partial charge in [-0.1, -0.05) is 60.1 Å². The molecular formula is C27H42O5Si. The molecule has 0 aromatic rings. The van der Waals surface area contributed by atoms with E-state index in [0.29, 0.717) is 18.3 Å². The predicted molar refractivity (Wildman–Crippen MR) is 129 cm³/mol. The fourth-order valence-corrected chi connectivity index (χ4v) is 9.52. The maximum Gasteiger partial charge on any atom is 0.509 e. The zero-order chi connectivity index (χ0) is 24.5. The normalized spacial score (nSPS) is 47.9. The van der Waals surface area contributed by atoms with E-state index in [-0.39, 0.29) is 40.1 Å². The van der Waals surface area contributed by atoms with E-state index in [1.165, 1.54) is 0 Å². The molecule has 3 saturated carbocycles. The molecule has 9 atom stereocenters. The Morgan fingerprint density at radius 1 is 1.15 bits per heavy atom. The van der Waals surface area contributed by atoms with Crippen molar-refractivity contribution in [2.45, 2.75) is 104 Å². The molecule has 0 aromatic heterocycles. The number of rotatable bonds is 2. The third-order valence-corrected chi connectivity index (χ3v) is 15.3. The molecule has 0 N–H and O–H groups in total. The van der Waals surface area contributed by atoms with E-state index in [9.17, 15) is 9.59 Å². The average Bonchev–Trinajstić information content (AvgIpc) is 2.95. The summed E-state index contributed by atoms with van der Waals surface area (Å²) in [6.45, 7) is 22.3. The fourth-order valence-electron chi connectivity index (χ4n) is 8.13. The van der Waals surface area contributed by atoms with E-state index in [4.69, 9.17) is 13.9 Å². The van der Waals surface area contributed by atoms with Gasteiger partial charge in [0.25, 0.3) is 0 Å². The van der Waals surface area contributed by atoms with Gasteiger partial charge < -0.3 is 13.9 Å². The Balaban J connectivity index is 1.73. The maximum absolute atomic E-state index is 14.9. The molecule has 1 heterocycles. The van der Waals surface area contributed by atoms with Gasteiger partial charge in [0.15, 0.2) is 25.8 Å². The lowest BCUT2D eigenvalue weighted by Crippen LogP contribution is -2.59. The maximum atomic E-state index is 14.9. The topological polar surface area (TPSA) is 61.8 Å². The molecule has 5 aliphatic rings. The number of hydrogen-bond donors (Lipinski definition) is 0. The summed E-state index contributed by atoms with van der Waals surface area (Å²) in [7, 11) is -2.20. The molecule has 0 amide bonds. The Morgan fingerprint density at radius 3 is 2.39 bits per heavy atom. The number of ether oxygens (including phenoxy) is 2. The molecule has 2 bridgehead atoms. The monoisotopic (exact) mass is 474 g/mol. The van der Waals surface area contributed by atoms with Gasteiger partial charge in [0.1, 0.15) is 0 Å². The molecule has 5 nitrogen and oxygen atoms in total. The van der Waals surface area contributed by atoms with Crippen molar-refractivity contribution in [3.05, 3.63) is 11.6 Å². The molecule has 2 spiro atoms. The number of hydrogen-bond acceptors (Lipinski definition) is 5. The van der Waals surface area contributed by atoms with E-state index in [2.05, 4.69) is 74.6 Å². The molecule has 6 heteroatoms. The molecule has 184 valence electrons. The van der Waals surface area contributed by atoms with Crippen molar-refractivity contribution in [1.82, 2.24) is 0 Å². The van der Waals surface area contributed by atoms with Crippen molar-refractivity contribution in [2.75, 3.05) is 0 Å². The van der Waals surface area contributed by atoms with Gasteiger partial charge in [-0.05, 0) is 54.6 Å². The smallest absolute Gasteiger partial charge is 0.426 e. The quantitative estimate of drug-likeness (QED) is 0.273. The highest BCUT2D eigenvalue weighted by Crippen LogP contribution is 2.74. The van der Waals surface area contributed by atoms with Crippen LogP contribution in [0.3, 0.4) is 0 Å². The lowest BCUT2D eigenvalue weighted by molar-refractivity contribution is -0.148. The Labute approximate surface area is 200 Å². The summed E-state index contributed by atoms with van der Waals surface area (Å²) in [6, 6.07) is 0. The second kappa shape index (κ2) is 6.54. The van der Waals surface area contributed by atoms with Crippen LogP contribution in [0.15, 0.2) is 11.6 Å². The SMILES string of the molecule is CC1=C[C@@]23C(=O)[C@H](C4[C@@H](C[C@H]2C)C4(C)C)[C@H](O[Si](C)(C)C(C)(C)C)[C@H](C)[C@H]2OC(=O)OC23C1. The van der Waals surface area contributed by atoms with E-state index in [1.54, 1.807) is 0 Å². The Bertz CT molecular complexity index is 945. The van der Waals surface area contributed by atoms with Crippen LogP contribution in [0.1, 0.15) is 68.2 Å². The van der Waals surface area contributed by atoms with Crippen LogP contribution in [0, 0.1) is 40.4 Å². The minimum atomic E-state index is -2.20. The molecular weight excluding hydrogens is 432 g/mol. The van der Waals surface area contributed by atoms with Crippen LogP contribution in [0.2, 0.25) is 18.1 Å². The summed E-state index contributed by atoms with van der Waals surface area (Å²) in [5, 5.41) is 0.0170. The lowest BCUT2D eigenvalue weighted by atomic mass is 9.59. The van der Waals surface area contributed by atoms with Crippen LogP contribution in [0.4, 0.5) is 4.79 Å². The second-order valence-corrected chi connectivity index (χ2v) is 18.8. The zero-order valence-corrected chi connectivity index (χ0v) is 23.1. The van der Waals surface area contributed by atoms with Gasteiger partial charge in [-0.15, -0.1) is 0 Å². The van der Waals surface area contributed by atoms with Gasteiger partial charge in [-0.3, -0.25) is 4.79 Å². The molecule has 1 saturated heterocycles. The van der Waals surface area contributed by atoms with Gasteiger partial charge in [-0.25, -0.2) is 4.79 Å². The Hall–Kier alpha value is -1.14. The minimum absolute atomic E-state index is 0.0170. The fraction of sp³-hybridized carbons (Fsp3) is 0.852. The van der Waals surface area contributed by atoms with Crippen molar-refractivity contribution < 1.29 is 23.5 Å². The number of carbonyl (C=O) groups excluding carboxylic acids is 2. The Morgan fingerprint density at radius 2 is 1.79 bits per heavy atom. The first-order chi connectivity index (χ1) is 15.0. The predicted octanol–water partition coefficient (Wildman–Crippen LogP) is 6.13. The van der Waals surface area contributed by atoms with Gasteiger partial charge in [0, 0.05) is 18.3 Å². The zero-order valence-electron chi connectivity index (χ0n) is 22.1.